The molecule has 2 saturated heterocycles. The number of rotatable bonds is 6. The van der Waals surface area contributed by atoms with Gasteiger partial charge in [-0.15, -0.1) is 0 Å². The van der Waals surface area contributed by atoms with Gasteiger partial charge in [-0.25, -0.2) is 12.7 Å². The number of fused-ring (bicyclic) bond motifs is 1. The fraction of sp³-hybridized carbons (Fsp3) is 0.778. The molecule has 0 spiro atoms. The van der Waals surface area contributed by atoms with E-state index in [-0.39, 0.29) is 5.91 Å². The molecule has 152 valence electrons. The van der Waals surface area contributed by atoms with Crippen molar-refractivity contribution in [2.45, 2.75) is 32.2 Å². The molecule has 0 aromatic carbocycles. The number of nitrogens with zero attached hydrogens (tertiary/aromatic N) is 4. The van der Waals surface area contributed by atoms with Crippen LogP contribution in [0.2, 0.25) is 0 Å². The summed E-state index contributed by atoms with van der Waals surface area (Å²) in [5.74, 6) is -0.868. The minimum Gasteiger partial charge on any atom is -0.329 e. The first-order valence-corrected chi connectivity index (χ1v) is 11.5. The summed E-state index contributed by atoms with van der Waals surface area (Å²) in [5, 5.41) is 0. The molecule has 0 aliphatic carbocycles. The molecule has 3 heterocycles. The van der Waals surface area contributed by atoms with E-state index < -0.39 is 27.9 Å². The first-order chi connectivity index (χ1) is 12.7. The number of carbonyl (C=O) groups is 2. The summed E-state index contributed by atoms with van der Waals surface area (Å²) in [5.41, 5.74) is 0.467. The van der Waals surface area contributed by atoms with Gasteiger partial charge in [-0.05, 0) is 19.5 Å². The van der Waals surface area contributed by atoms with Crippen LogP contribution < -0.4 is 0 Å². The van der Waals surface area contributed by atoms with Crippen LogP contribution in [-0.4, -0.2) is 97.9 Å². The molecule has 0 radical (unpaired) electrons. The highest BCUT2D eigenvalue weighted by Crippen LogP contribution is 2.40. The lowest BCUT2D eigenvalue weighted by Crippen LogP contribution is -2.46. The predicted molar refractivity (Wildman–Crippen MR) is 102 cm³/mol. The maximum atomic E-state index is 12.9. The van der Waals surface area contributed by atoms with E-state index in [2.05, 4.69) is 16.8 Å². The van der Waals surface area contributed by atoms with Gasteiger partial charge in [0.15, 0.2) is 0 Å². The Kier molecular flexibility index (Phi) is 5.93. The molecule has 0 aromatic heterocycles. The van der Waals surface area contributed by atoms with Crippen molar-refractivity contribution < 1.29 is 18.0 Å². The average Bonchev–Trinajstić information content (AvgIpc) is 3.12. The number of likely N-dealkylation sites (N-methyl/N-ethyl adjacent to an activating group) is 1. The Balaban J connectivity index is 1.69. The van der Waals surface area contributed by atoms with Crippen LogP contribution in [0.1, 0.15) is 26.2 Å². The number of hydrogen-bond acceptors (Lipinski definition) is 6. The van der Waals surface area contributed by atoms with Crippen molar-refractivity contribution in [1.82, 2.24) is 19.0 Å². The third-order valence-electron chi connectivity index (χ3n) is 5.76. The van der Waals surface area contributed by atoms with E-state index >= 15 is 0 Å². The van der Waals surface area contributed by atoms with Crippen molar-refractivity contribution >= 4 is 21.8 Å². The van der Waals surface area contributed by atoms with Crippen molar-refractivity contribution in [1.29, 1.82) is 0 Å². The van der Waals surface area contributed by atoms with Crippen LogP contribution >= 0.6 is 0 Å². The smallest absolute Gasteiger partial charge is 0.246 e. The molecular formula is C18H30N4O4S. The van der Waals surface area contributed by atoms with E-state index in [1.165, 1.54) is 0 Å². The van der Waals surface area contributed by atoms with Crippen molar-refractivity contribution in [3.05, 3.63) is 11.8 Å². The van der Waals surface area contributed by atoms with Crippen LogP contribution in [0.3, 0.4) is 0 Å². The van der Waals surface area contributed by atoms with Crippen molar-refractivity contribution in [3.63, 3.8) is 0 Å². The van der Waals surface area contributed by atoms with E-state index in [1.807, 2.05) is 6.92 Å². The highest BCUT2D eigenvalue weighted by molar-refractivity contribution is 7.89. The molecule has 8 nitrogen and oxygen atoms in total. The second-order valence-corrected chi connectivity index (χ2v) is 9.61. The average molecular weight is 399 g/mol. The van der Waals surface area contributed by atoms with E-state index in [0.717, 1.165) is 43.2 Å². The summed E-state index contributed by atoms with van der Waals surface area (Å²) in [6.07, 6.45) is 4.52. The Labute approximate surface area is 161 Å². The molecule has 0 aromatic rings. The monoisotopic (exact) mass is 398 g/mol. The standard InChI is InChI=1S/C18H30N4O4S/c1-4-5-14-17-15(22(18(14)24)27(3,25)26)6-9-21(17)16(23)7-8-20-12-10-19(2)11-13-20/h6,14,17H,4-5,7-13H2,1-3H3/t14-,17-/m1/s1. The summed E-state index contributed by atoms with van der Waals surface area (Å²) in [7, 11) is -1.58. The van der Waals surface area contributed by atoms with Gasteiger partial charge in [0.2, 0.25) is 21.8 Å². The van der Waals surface area contributed by atoms with Gasteiger partial charge in [0, 0.05) is 45.7 Å². The van der Waals surface area contributed by atoms with Crippen molar-refractivity contribution in [2.75, 3.05) is 52.6 Å². The summed E-state index contributed by atoms with van der Waals surface area (Å²) in [4.78, 5) is 31.9. The molecule has 0 unspecified atom stereocenters. The molecule has 27 heavy (non-hydrogen) atoms. The maximum absolute atomic E-state index is 12.9. The molecule has 0 bridgehead atoms. The van der Waals surface area contributed by atoms with E-state index in [4.69, 9.17) is 0 Å². The van der Waals surface area contributed by atoms with Crippen LogP contribution in [0.4, 0.5) is 0 Å². The molecule has 0 saturated carbocycles. The van der Waals surface area contributed by atoms with Gasteiger partial charge < -0.3 is 14.7 Å². The fourth-order valence-corrected chi connectivity index (χ4v) is 5.33. The minimum atomic E-state index is -3.68. The lowest BCUT2D eigenvalue weighted by molar-refractivity contribution is -0.134. The van der Waals surface area contributed by atoms with Crippen molar-refractivity contribution in [3.8, 4) is 0 Å². The van der Waals surface area contributed by atoms with Gasteiger partial charge in [0.05, 0.1) is 23.9 Å². The summed E-state index contributed by atoms with van der Waals surface area (Å²) < 4.78 is 25.2. The van der Waals surface area contributed by atoms with E-state index in [0.29, 0.717) is 31.6 Å². The van der Waals surface area contributed by atoms with Gasteiger partial charge >= 0.3 is 0 Å². The number of sulfonamides is 1. The zero-order chi connectivity index (χ0) is 19.8. The Bertz CT molecular complexity index is 728. The van der Waals surface area contributed by atoms with Gasteiger partial charge in [-0.3, -0.25) is 9.59 Å². The third kappa shape index (κ3) is 4.05. The predicted octanol–water partition coefficient (Wildman–Crippen LogP) is -0.0633. The molecule has 3 aliphatic heterocycles. The molecule has 9 heteroatoms. The number of piperazine rings is 1. The van der Waals surface area contributed by atoms with Crippen LogP contribution in [0, 0.1) is 5.92 Å². The molecule has 2 amide bonds. The maximum Gasteiger partial charge on any atom is 0.246 e. The largest absolute Gasteiger partial charge is 0.329 e. The Morgan fingerprint density at radius 1 is 1.22 bits per heavy atom. The first kappa shape index (κ1) is 20.3. The zero-order valence-corrected chi connectivity index (χ0v) is 17.2. The Hall–Kier alpha value is -1.45. The van der Waals surface area contributed by atoms with Gasteiger partial charge in [-0.1, -0.05) is 13.3 Å². The highest BCUT2D eigenvalue weighted by Gasteiger charge is 2.53. The van der Waals surface area contributed by atoms with E-state index in [1.54, 1.807) is 11.0 Å². The SMILES string of the molecule is CCC[C@H]1C(=O)N(S(C)(=O)=O)C2=CCN(C(=O)CCN3CCN(C)CC3)[C@@H]21. The molecule has 3 rings (SSSR count). The third-order valence-corrected chi connectivity index (χ3v) is 6.81. The quantitative estimate of drug-likeness (QED) is 0.623. The molecule has 3 aliphatic rings. The topological polar surface area (TPSA) is 81.2 Å². The second-order valence-electron chi connectivity index (χ2n) is 7.78. The summed E-state index contributed by atoms with van der Waals surface area (Å²) >= 11 is 0. The first-order valence-electron chi connectivity index (χ1n) is 9.68. The van der Waals surface area contributed by atoms with Crippen molar-refractivity contribution in [2.24, 2.45) is 5.92 Å². The number of hydrogen-bond donors (Lipinski definition) is 0. The molecule has 2 atom stereocenters. The Morgan fingerprint density at radius 3 is 2.48 bits per heavy atom. The molecule has 0 N–H and O–H groups in total. The lowest BCUT2D eigenvalue weighted by atomic mass is 9.96. The number of carbonyl (C=O) groups excluding carboxylic acids is 2. The van der Waals surface area contributed by atoms with Crippen LogP contribution in [-0.2, 0) is 19.6 Å². The van der Waals surface area contributed by atoms with Gasteiger partial charge in [-0.2, -0.15) is 0 Å². The highest BCUT2D eigenvalue weighted by atomic mass is 32.2. The fourth-order valence-electron chi connectivity index (χ4n) is 4.30. The lowest BCUT2D eigenvalue weighted by Gasteiger charge is -2.33. The van der Waals surface area contributed by atoms with Crippen LogP contribution in [0.25, 0.3) is 0 Å². The van der Waals surface area contributed by atoms with Crippen LogP contribution in [0.5, 0.6) is 0 Å². The summed E-state index contributed by atoms with van der Waals surface area (Å²) in [6.45, 7) is 6.96. The van der Waals surface area contributed by atoms with E-state index in [9.17, 15) is 18.0 Å². The Morgan fingerprint density at radius 2 is 1.89 bits per heavy atom. The van der Waals surface area contributed by atoms with Gasteiger partial charge in [0.1, 0.15) is 0 Å². The minimum absolute atomic E-state index is 0.00516. The van der Waals surface area contributed by atoms with Gasteiger partial charge in [0.25, 0.3) is 0 Å². The normalized spacial score (nSPS) is 27.2. The molecule has 2 fully saturated rings. The second kappa shape index (κ2) is 7.89. The van der Waals surface area contributed by atoms with Crippen LogP contribution in [0.15, 0.2) is 11.8 Å². The molecular weight excluding hydrogens is 368 g/mol. The number of amides is 2. The summed E-state index contributed by atoms with van der Waals surface area (Å²) in [6, 6.07) is -0.438. The zero-order valence-electron chi connectivity index (χ0n) is 16.4.